The van der Waals surface area contributed by atoms with Gasteiger partial charge in [0.15, 0.2) is 0 Å². The first-order valence-corrected chi connectivity index (χ1v) is 6.57. The summed E-state index contributed by atoms with van der Waals surface area (Å²) in [5, 5.41) is 5.58. The van der Waals surface area contributed by atoms with Crippen molar-refractivity contribution in [3.8, 4) is 0 Å². The van der Waals surface area contributed by atoms with Crippen molar-refractivity contribution >= 4 is 22.5 Å². The van der Waals surface area contributed by atoms with Crippen LogP contribution in [-0.2, 0) is 6.42 Å². The van der Waals surface area contributed by atoms with E-state index in [0.29, 0.717) is 6.04 Å². The fourth-order valence-electron chi connectivity index (χ4n) is 2.94. The highest BCUT2D eigenvalue weighted by atomic mass is 35.5. The average Bonchev–Trinajstić information content (AvgIpc) is 2.73. The van der Waals surface area contributed by atoms with Gasteiger partial charge in [-0.1, -0.05) is 17.7 Å². The Morgan fingerprint density at radius 3 is 3.00 bits per heavy atom. The van der Waals surface area contributed by atoms with E-state index in [1.807, 2.05) is 13.1 Å². The number of fused-ring (bicyclic) bond motifs is 3. The second-order valence-electron chi connectivity index (χ2n) is 4.85. The van der Waals surface area contributed by atoms with Crippen molar-refractivity contribution in [1.82, 2.24) is 10.3 Å². The van der Waals surface area contributed by atoms with Crippen LogP contribution in [0.1, 0.15) is 35.7 Å². The van der Waals surface area contributed by atoms with Crippen LogP contribution in [0.25, 0.3) is 10.9 Å². The van der Waals surface area contributed by atoms with Gasteiger partial charge in [-0.2, -0.15) is 0 Å². The number of aromatic amines is 1. The molecule has 1 aromatic heterocycles. The Kier molecular flexibility index (Phi) is 2.64. The molecule has 0 spiro atoms. The fraction of sp³-hybridized carbons (Fsp3) is 0.429. The number of halogens is 1. The molecule has 3 rings (SSSR count). The molecule has 0 fully saturated rings. The van der Waals surface area contributed by atoms with E-state index in [-0.39, 0.29) is 0 Å². The van der Waals surface area contributed by atoms with Crippen molar-refractivity contribution < 1.29 is 0 Å². The molecule has 0 saturated carbocycles. The Labute approximate surface area is 106 Å². The van der Waals surface area contributed by atoms with Crippen molar-refractivity contribution in [2.24, 2.45) is 0 Å². The third-order valence-corrected chi connectivity index (χ3v) is 4.33. The Bertz CT molecular complexity index is 571. The number of H-pyrrole nitrogens is 1. The zero-order valence-electron chi connectivity index (χ0n) is 10.2. The summed E-state index contributed by atoms with van der Waals surface area (Å²) in [6, 6.07) is 4.62. The van der Waals surface area contributed by atoms with Crippen molar-refractivity contribution in [2.45, 2.75) is 32.2 Å². The van der Waals surface area contributed by atoms with Crippen LogP contribution in [0, 0.1) is 6.92 Å². The van der Waals surface area contributed by atoms with Crippen LogP contribution in [0.2, 0.25) is 5.02 Å². The van der Waals surface area contributed by atoms with Crippen LogP contribution in [0.15, 0.2) is 12.1 Å². The maximum absolute atomic E-state index is 6.19. The van der Waals surface area contributed by atoms with E-state index in [1.165, 1.54) is 41.4 Å². The minimum Gasteiger partial charge on any atom is -0.357 e. The van der Waals surface area contributed by atoms with Crippen LogP contribution >= 0.6 is 11.6 Å². The van der Waals surface area contributed by atoms with E-state index in [4.69, 9.17) is 11.6 Å². The zero-order chi connectivity index (χ0) is 12.0. The summed E-state index contributed by atoms with van der Waals surface area (Å²) >= 11 is 6.19. The maximum Gasteiger partial charge on any atom is 0.0504 e. The van der Waals surface area contributed by atoms with Crippen LogP contribution in [0.3, 0.4) is 0 Å². The van der Waals surface area contributed by atoms with Crippen LogP contribution < -0.4 is 5.32 Å². The lowest BCUT2D eigenvalue weighted by Crippen LogP contribution is -2.21. The molecule has 0 saturated heterocycles. The number of hydrogen-bond acceptors (Lipinski definition) is 1. The van der Waals surface area contributed by atoms with Gasteiger partial charge in [-0.15, -0.1) is 0 Å². The lowest BCUT2D eigenvalue weighted by Gasteiger charge is -2.21. The van der Waals surface area contributed by atoms with Gasteiger partial charge in [-0.3, -0.25) is 0 Å². The van der Waals surface area contributed by atoms with Gasteiger partial charge >= 0.3 is 0 Å². The molecule has 1 aromatic carbocycles. The summed E-state index contributed by atoms with van der Waals surface area (Å²) < 4.78 is 0. The van der Waals surface area contributed by atoms with E-state index in [2.05, 4.69) is 23.3 Å². The van der Waals surface area contributed by atoms with E-state index in [1.54, 1.807) is 0 Å². The summed E-state index contributed by atoms with van der Waals surface area (Å²) in [6.07, 6.45) is 3.64. The van der Waals surface area contributed by atoms with Crippen LogP contribution in [-0.4, -0.2) is 12.0 Å². The molecule has 0 bridgehead atoms. The Balaban J connectivity index is 2.29. The Hall–Kier alpha value is -0.990. The molecule has 3 heteroatoms. The molecule has 2 aromatic rings. The minimum atomic E-state index is 0.462. The molecule has 90 valence electrons. The third-order valence-electron chi connectivity index (χ3n) is 3.93. The number of aryl methyl sites for hydroxylation is 2. The fourth-order valence-corrected chi connectivity index (χ4v) is 3.09. The molecule has 17 heavy (non-hydrogen) atoms. The van der Waals surface area contributed by atoms with Gasteiger partial charge in [0.25, 0.3) is 0 Å². The van der Waals surface area contributed by atoms with Gasteiger partial charge in [-0.25, -0.2) is 0 Å². The molecule has 2 nitrogen and oxygen atoms in total. The Morgan fingerprint density at radius 1 is 1.41 bits per heavy atom. The van der Waals surface area contributed by atoms with Crippen molar-refractivity contribution in [1.29, 1.82) is 0 Å². The first kappa shape index (κ1) is 11.1. The number of benzene rings is 1. The topological polar surface area (TPSA) is 27.8 Å². The van der Waals surface area contributed by atoms with Gasteiger partial charge in [0.05, 0.1) is 5.52 Å². The van der Waals surface area contributed by atoms with Crippen molar-refractivity contribution in [3.05, 3.63) is 34.0 Å². The summed E-state index contributed by atoms with van der Waals surface area (Å²) in [7, 11) is 2.03. The number of aromatic nitrogens is 1. The second kappa shape index (κ2) is 4.04. The molecule has 0 amide bonds. The van der Waals surface area contributed by atoms with E-state index in [0.717, 1.165) is 10.6 Å². The predicted octanol–water partition coefficient (Wildman–Crippen LogP) is 3.73. The summed E-state index contributed by atoms with van der Waals surface area (Å²) in [6.45, 7) is 2.08. The quantitative estimate of drug-likeness (QED) is 0.791. The third kappa shape index (κ3) is 1.59. The molecule has 1 aliphatic carbocycles. The molecule has 1 atom stereocenters. The van der Waals surface area contributed by atoms with Crippen LogP contribution in [0.4, 0.5) is 0 Å². The number of rotatable bonds is 1. The highest BCUT2D eigenvalue weighted by molar-refractivity contribution is 6.32. The molecule has 1 heterocycles. The summed E-state index contributed by atoms with van der Waals surface area (Å²) in [5.74, 6) is 0. The average molecular weight is 249 g/mol. The van der Waals surface area contributed by atoms with Gasteiger partial charge in [-0.05, 0) is 50.4 Å². The van der Waals surface area contributed by atoms with Crippen molar-refractivity contribution in [3.63, 3.8) is 0 Å². The lowest BCUT2D eigenvalue weighted by molar-refractivity contribution is 0.489. The number of hydrogen-bond donors (Lipinski definition) is 2. The highest BCUT2D eigenvalue weighted by Crippen LogP contribution is 2.36. The van der Waals surface area contributed by atoms with E-state index >= 15 is 0 Å². The molecule has 0 radical (unpaired) electrons. The van der Waals surface area contributed by atoms with Gasteiger partial charge < -0.3 is 10.3 Å². The maximum atomic E-state index is 6.19. The first-order valence-electron chi connectivity index (χ1n) is 6.19. The zero-order valence-corrected chi connectivity index (χ0v) is 11.0. The summed E-state index contributed by atoms with van der Waals surface area (Å²) in [4.78, 5) is 3.58. The number of nitrogens with one attached hydrogen (secondary N) is 2. The first-order chi connectivity index (χ1) is 8.22. The van der Waals surface area contributed by atoms with Gasteiger partial charge in [0, 0.05) is 22.1 Å². The predicted molar refractivity (Wildman–Crippen MR) is 72.8 cm³/mol. The standard InChI is InChI=1S/C14H17ClN2/c1-8-11(15)7-6-10-9-4-3-5-12(16-2)14(9)17-13(8)10/h6-7,12,16-17H,3-5H2,1-2H3. The molecular weight excluding hydrogens is 232 g/mol. The SMILES string of the molecule is CNC1CCCc2c1[nH]c1c(C)c(Cl)ccc21. The molecule has 2 N–H and O–H groups in total. The molecular formula is C14H17ClN2. The van der Waals surface area contributed by atoms with Gasteiger partial charge in [0.2, 0.25) is 0 Å². The minimum absolute atomic E-state index is 0.462. The Morgan fingerprint density at radius 2 is 2.24 bits per heavy atom. The summed E-state index contributed by atoms with van der Waals surface area (Å²) in [5.41, 5.74) is 5.21. The monoisotopic (exact) mass is 248 g/mol. The lowest BCUT2D eigenvalue weighted by atomic mass is 9.91. The molecule has 0 aliphatic heterocycles. The normalized spacial score (nSPS) is 19.6. The van der Waals surface area contributed by atoms with Crippen LogP contribution in [0.5, 0.6) is 0 Å². The smallest absolute Gasteiger partial charge is 0.0504 e. The van der Waals surface area contributed by atoms with Crippen molar-refractivity contribution in [2.75, 3.05) is 7.05 Å². The van der Waals surface area contributed by atoms with Gasteiger partial charge in [0.1, 0.15) is 0 Å². The van der Waals surface area contributed by atoms with E-state index in [9.17, 15) is 0 Å². The highest BCUT2D eigenvalue weighted by Gasteiger charge is 2.23. The van der Waals surface area contributed by atoms with E-state index < -0.39 is 0 Å². The molecule has 1 aliphatic rings. The second-order valence-corrected chi connectivity index (χ2v) is 5.25. The largest absolute Gasteiger partial charge is 0.357 e. The molecule has 1 unspecified atom stereocenters.